The van der Waals surface area contributed by atoms with Crippen molar-refractivity contribution >= 4 is 5.91 Å². The maximum absolute atomic E-state index is 12.1. The zero-order chi connectivity index (χ0) is 15.2. The van der Waals surface area contributed by atoms with Gasteiger partial charge in [0.1, 0.15) is 5.75 Å². The molecule has 2 rings (SSSR count). The molecule has 0 saturated heterocycles. The van der Waals surface area contributed by atoms with Crippen molar-refractivity contribution in [3.8, 4) is 5.75 Å². The smallest absolute Gasteiger partial charge is 0.263 e. The Labute approximate surface area is 126 Å². The van der Waals surface area contributed by atoms with Crippen molar-refractivity contribution in [2.75, 3.05) is 13.1 Å². The lowest BCUT2D eigenvalue weighted by Crippen LogP contribution is -2.40. The van der Waals surface area contributed by atoms with Crippen LogP contribution in [0.25, 0.3) is 0 Å². The van der Waals surface area contributed by atoms with E-state index in [1.54, 1.807) is 18.0 Å². The predicted molar refractivity (Wildman–Crippen MR) is 82.1 cm³/mol. The Hall–Kier alpha value is -1.62. The van der Waals surface area contributed by atoms with E-state index in [1.165, 1.54) is 12.8 Å². The van der Waals surface area contributed by atoms with Gasteiger partial charge in [-0.2, -0.15) is 0 Å². The molecule has 1 N–H and O–H groups in total. The molecular formula is C16H25N3O2. The number of ether oxygens (including phenoxy) is 1. The van der Waals surface area contributed by atoms with Crippen LogP contribution in [0.2, 0.25) is 0 Å². The van der Waals surface area contributed by atoms with Crippen molar-refractivity contribution in [1.82, 2.24) is 15.2 Å². The average Bonchev–Trinajstić information content (AvgIpc) is 3.32. The van der Waals surface area contributed by atoms with Crippen molar-refractivity contribution in [1.29, 1.82) is 0 Å². The summed E-state index contributed by atoms with van der Waals surface area (Å²) in [5.74, 6) is 0.651. The molecule has 21 heavy (non-hydrogen) atoms. The monoisotopic (exact) mass is 291 g/mol. The van der Waals surface area contributed by atoms with E-state index in [0.29, 0.717) is 24.9 Å². The van der Waals surface area contributed by atoms with E-state index in [9.17, 15) is 4.79 Å². The van der Waals surface area contributed by atoms with Crippen molar-refractivity contribution in [2.45, 2.75) is 52.3 Å². The summed E-state index contributed by atoms with van der Waals surface area (Å²) >= 11 is 0. The van der Waals surface area contributed by atoms with Crippen LogP contribution in [-0.4, -0.2) is 41.0 Å². The van der Waals surface area contributed by atoms with E-state index in [4.69, 9.17) is 4.74 Å². The number of carbonyl (C=O) groups is 1. The molecule has 1 aromatic rings. The van der Waals surface area contributed by atoms with Gasteiger partial charge >= 0.3 is 0 Å². The van der Waals surface area contributed by atoms with Gasteiger partial charge in [0.05, 0.1) is 11.9 Å². The van der Waals surface area contributed by atoms with Crippen LogP contribution < -0.4 is 10.1 Å². The van der Waals surface area contributed by atoms with Crippen molar-refractivity contribution in [3.63, 3.8) is 0 Å². The van der Waals surface area contributed by atoms with Gasteiger partial charge in [-0.3, -0.25) is 9.78 Å². The van der Waals surface area contributed by atoms with E-state index < -0.39 is 6.10 Å². The van der Waals surface area contributed by atoms with Crippen LogP contribution in [-0.2, 0) is 11.3 Å². The van der Waals surface area contributed by atoms with Gasteiger partial charge in [0, 0.05) is 25.7 Å². The lowest BCUT2D eigenvalue weighted by Gasteiger charge is -2.23. The molecule has 116 valence electrons. The van der Waals surface area contributed by atoms with Crippen LogP contribution >= 0.6 is 0 Å². The Balaban J connectivity index is 1.85. The fourth-order valence-corrected chi connectivity index (χ4v) is 2.17. The zero-order valence-corrected chi connectivity index (χ0v) is 13.1. The van der Waals surface area contributed by atoms with Gasteiger partial charge in [0.25, 0.3) is 5.91 Å². The summed E-state index contributed by atoms with van der Waals surface area (Å²) in [6.07, 6.45) is 3.75. The second kappa shape index (κ2) is 7.41. The van der Waals surface area contributed by atoms with E-state index in [2.05, 4.69) is 10.3 Å². The molecule has 1 heterocycles. The first-order valence-corrected chi connectivity index (χ1v) is 7.77. The molecule has 5 heteroatoms. The molecular weight excluding hydrogens is 266 g/mol. The highest BCUT2D eigenvalue weighted by molar-refractivity contribution is 5.80. The summed E-state index contributed by atoms with van der Waals surface area (Å²) in [4.78, 5) is 18.3. The molecule has 0 bridgehead atoms. The first-order chi connectivity index (χ1) is 10.1. The number of aromatic nitrogens is 1. The van der Waals surface area contributed by atoms with Crippen molar-refractivity contribution in [3.05, 3.63) is 24.0 Å². The number of carbonyl (C=O) groups excluding carboxylic acids is 1. The van der Waals surface area contributed by atoms with Crippen LogP contribution in [0.5, 0.6) is 5.75 Å². The number of amides is 1. The normalized spacial score (nSPS) is 15.6. The largest absolute Gasteiger partial charge is 0.479 e. The summed E-state index contributed by atoms with van der Waals surface area (Å²) in [6, 6.07) is 4.50. The van der Waals surface area contributed by atoms with Crippen LogP contribution in [0.4, 0.5) is 0 Å². The lowest BCUT2D eigenvalue weighted by atomic mass is 10.3. The standard InChI is InChI=1S/C16H25N3O2/c1-4-19(5-2)16(20)12(3)21-15-9-8-14(18-11-15)10-17-13-6-7-13/h8-9,11-13,17H,4-7,10H2,1-3H3. The number of nitrogens with one attached hydrogen (secondary N) is 1. The molecule has 0 aromatic carbocycles. The van der Waals surface area contributed by atoms with E-state index >= 15 is 0 Å². The zero-order valence-electron chi connectivity index (χ0n) is 13.1. The fraction of sp³-hybridized carbons (Fsp3) is 0.625. The predicted octanol–water partition coefficient (Wildman–Crippen LogP) is 1.97. The summed E-state index contributed by atoms with van der Waals surface area (Å²) in [6.45, 7) is 7.91. The SMILES string of the molecule is CCN(CC)C(=O)C(C)Oc1ccc(CNC2CC2)nc1. The molecule has 0 spiro atoms. The quantitative estimate of drug-likeness (QED) is 0.795. The number of hydrogen-bond donors (Lipinski definition) is 1. The third-order valence-corrected chi connectivity index (χ3v) is 3.68. The van der Waals surface area contributed by atoms with Gasteiger partial charge in [-0.15, -0.1) is 0 Å². The van der Waals surface area contributed by atoms with Crippen LogP contribution in [0.1, 0.15) is 39.3 Å². The second-order valence-electron chi connectivity index (χ2n) is 5.41. The average molecular weight is 291 g/mol. The van der Waals surface area contributed by atoms with Crippen molar-refractivity contribution < 1.29 is 9.53 Å². The number of nitrogens with zero attached hydrogens (tertiary/aromatic N) is 2. The first kappa shape index (κ1) is 15.8. The fourth-order valence-electron chi connectivity index (χ4n) is 2.17. The second-order valence-corrected chi connectivity index (χ2v) is 5.41. The molecule has 1 amide bonds. The number of likely N-dealkylation sites (N-methyl/N-ethyl adjacent to an activating group) is 1. The molecule has 1 fully saturated rings. The molecule has 1 aliphatic rings. The van der Waals surface area contributed by atoms with E-state index in [0.717, 1.165) is 12.2 Å². The van der Waals surface area contributed by atoms with Crippen LogP contribution in [0.15, 0.2) is 18.3 Å². The molecule has 1 unspecified atom stereocenters. The van der Waals surface area contributed by atoms with Gasteiger partial charge in [-0.05, 0) is 45.7 Å². The Bertz CT molecular complexity index is 453. The number of rotatable bonds is 8. The highest BCUT2D eigenvalue weighted by Gasteiger charge is 2.21. The molecule has 0 aliphatic heterocycles. The molecule has 5 nitrogen and oxygen atoms in total. The summed E-state index contributed by atoms with van der Waals surface area (Å²) < 4.78 is 5.68. The van der Waals surface area contributed by atoms with Gasteiger partial charge in [0.2, 0.25) is 0 Å². The molecule has 1 aliphatic carbocycles. The summed E-state index contributed by atoms with van der Waals surface area (Å²) in [5.41, 5.74) is 0.997. The molecule has 1 atom stereocenters. The molecule has 1 aromatic heterocycles. The third-order valence-electron chi connectivity index (χ3n) is 3.68. The maximum Gasteiger partial charge on any atom is 0.263 e. The minimum absolute atomic E-state index is 0.0134. The Morgan fingerprint density at radius 1 is 1.43 bits per heavy atom. The topological polar surface area (TPSA) is 54.5 Å². The highest BCUT2D eigenvalue weighted by Crippen LogP contribution is 2.19. The Morgan fingerprint density at radius 3 is 2.67 bits per heavy atom. The Morgan fingerprint density at radius 2 is 2.14 bits per heavy atom. The van der Waals surface area contributed by atoms with Gasteiger partial charge < -0.3 is 15.0 Å². The van der Waals surface area contributed by atoms with Crippen molar-refractivity contribution in [2.24, 2.45) is 0 Å². The minimum Gasteiger partial charge on any atom is -0.479 e. The summed E-state index contributed by atoms with van der Waals surface area (Å²) in [7, 11) is 0. The number of hydrogen-bond acceptors (Lipinski definition) is 4. The minimum atomic E-state index is -0.484. The highest BCUT2D eigenvalue weighted by atomic mass is 16.5. The van der Waals surface area contributed by atoms with Gasteiger partial charge in [-0.1, -0.05) is 0 Å². The van der Waals surface area contributed by atoms with Gasteiger partial charge in [-0.25, -0.2) is 0 Å². The maximum atomic E-state index is 12.1. The van der Waals surface area contributed by atoms with Crippen LogP contribution in [0, 0.1) is 0 Å². The molecule has 1 saturated carbocycles. The Kier molecular flexibility index (Phi) is 5.56. The third kappa shape index (κ3) is 4.70. The molecule has 0 radical (unpaired) electrons. The van der Waals surface area contributed by atoms with E-state index in [1.807, 2.05) is 26.0 Å². The van der Waals surface area contributed by atoms with Gasteiger partial charge in [0.15, 0.2) is 6.10 Å². The van der Waals surface area contributed by atoms with Crippen LogP contribution in [0.3, 0.4) is 0 Å². The number of pyridine rings is 1. The van der Waals surface area contributed by atoms with E-state index in [-0.39, 0.29) is 5.91 Å². The summed E-state index contributed by atoms with van der Waals surface area (Å²) in [5, 5.41) is 3.42. The lowest BCUT2D eigenvalue weighted by molar-refractivity contribution is -0.137. The first-order valence-electron chi connectivity index (χ1n) is 7.77.